The normalized spacial score (nSPS) is 11.6. The summed E-state index contributed by atoms with van der Waals surface area (Å²) in [5.74, 6) is 5.34. The van der Waals surface area contributed by atoms with Gasteiger partial charge in [-0.25, -0.2) is 10.8 Å². The number of rotatable bonds is 1. The SMILES string of the molecule is Cc1c(C(F)(F)F)cnc(NN)c1C. The van der Waals surface area contributed by atoms with Crippen LogP contribution in [0.2, 0.25) is 0 Å². The van der Waals surface area contributed by atoms with Gasteiger partial charge in [-0.05, 0) is 25.0 Å². The molecule has 0 atom stereocenters. The predicted octanol–water partition coefficient (Wildman–Crippen LogP) is 2.00. The van der Waals surface area contributed by atoms with Gasteiger partial charge in [-0.1, -0.05) is 0 Å². The lowest BCUT2D eigenvalue weighted by molar-refractivity contribution is -0.138. The van der Waals surface area contributed by atoms with Gasteiger partial charge in [0.15, 0.2) is 0 Å². The van der Waals surface area contributed by atoms with E-state index in [1.54, 1.807) is 0 Å². The second-order valence-electron chi connectivity index (χ2n) is 2.91. The zero-order chi connectivity index (χ0) is 10.9. The molecule has 14 heavy (non-hydrogen) atoms. The maximum atomic E-state index is 12.4. The maximum absolute atomic E-state index is 12.4. The van der Waals surface area contributed by atoms with Crippen LogP contribution in [0, 0.1) is 13.8 Å². The Balaban J connectivity index is 3.31. The summed E-state index contributed by atoms with van der Waals surface area (Å²) in [4.78, 5) is 3.57. The molecular formula is C8H10F3N3. The van der Waals surface area contributed by atoms with Gasteiger partial charge in [-0.15, -0.1) is 0 Å². The van der Waals surface area contributed by atoms with Crippen molar-refractivity contribution in [3.63, 3.8) is 0 Å². The molecule has 1 aromatic heterocycles. The van der Waals surface area contributed by atoms with Gasteiger partial charge in [0, 0.05) is 6.20 Å². The Bertz CT molecular complexity index is 346. The monoisotopic (exact) mass is 205 g/mol. The average Bonchev–Trinajstić information content (AvgIpc) is 2.07. The van der Waals surface area contributed by atoms with Crippen molar-refractivity contribution in [1.29, 1.82) is 0 Å². The van der Waals surface area contributed by atoms with Gasteiger partial charge in [0.1, 0.15) is 5.82 Å². The Morgan fingerprint density at radius 3 is 2.29 bits per heavy atom. The highest BCUT2D eigenvalue weighted by atomic mass is 19.4. The fourth-order valence-electron chi connectivity index (χ4n) is 1.13. The van der Waals surface area contributed by atoms with Crippen LogP contribution >= 0.6 is 0 Å². The van der Waals surface area contributed by atoms with E-state index in [-0.39, 0.29) is 11.4 Å². The largest absolute Gasteiger partial charge is 0.418 e. The molecule has 1 aromatic rings. The minimum atomic E-state index is -4.37. The summed E-state index contributed by atoms with van der Waals surface area (Å²) in [5.41, 5.74) is 2.05. The summed E-state index contributed by atoms with van der Waals surface area (Å²) in [6.45, 7) is 2.92. The second-order valence-corrected chi connectivity index (χ2v) is 2.91. The molecule has 1 rings (SSSR count). The highest BCUT2D eigenvalue weighted by molar-refractivity contribution is 5.49. The lowest BCUT2D eigenvalue weighted by Crippen LogP contribution is -2.14. The van der Waals surface area contributed by atoms with Crippen molar-refractivity contribution in [2.24, 2.45) is 5.84 Å². The molecule has 3 N–H and O–H groups in total. The van der Waals surface area contributed by atoms with E-state index in [1.807, 2.05) is 0 Å². The standard InChI is InChI=1S/C8H10F3N3/c1-4-5(2)7(14-12)13-3-6(4)8(9,10)11/h3H,12H2,1-2H3,(H,13,14). The van der Waals surface area contributed by atoms with Gasteiger partial charge in [0.25, 0.3) is 0 Å². The number of pyridine rings is 1. The number of nitrogens with zero attached hydrogens (tertiary/aromatic N) is 1. The molecule has 0 saturated heterocycles. The molecule has 78 valence electrons. The predicted molar refractivity (Wildman–Crippen MR) is 46.5 cm³/mol. The lowest BCUT2D eigenvalue weighted by atomic mass is 10.1. The van der Waals surface area contributed by atoms with Crippen molar-refractivity contribution >= 4 is 5.82 Å². The molecule has 3 nitrogen and oxygen atoms in total. The third kappa shape index (κ3) is 1.79. The summed E-state index contributed by atoms with van der Waals surface area (Å²) in [7, 11) is 0. The number of nitrogens with two attached hydrogens (primary N) is 1. The second kappa shape index (κ2) is 3.45. The number of alkyl halides is 3. The van der Waals surface area contributed by atoms with E-state index in [4.69, 9.17) is 5.84 Å². The first-order valence-corrected chi connectivity index (χ1v) is 3.88. The Hall–Kier alpha value is -1.30. The fourth-order valence-corrected chi connectivity index (χ4v) is 1.13. The first-order chi connectivity index (χ1) is 6.38. The third-order valence-electron chi connectivity index (χ3n) is 2.09. The van der Waals surface area contributed by atoms with Crippen LogP contribution < -0.4 is 11.3 Å². The Labute approximate surface area is 79.1 Å². The number of aromatic nitrogens is 1. The number of hydrazine groups is 1. The average molecular weight is 205 g/mol. The molecule has 0 aliphatic carbocycles. The number of halogens is 3. The van der Waals surface area contributed by atoms with Crippen LogP contribution in [0.15, 0.2) is 6.20 Å². The van der Waals surface area contributed by atoms with Crippen LogP contribution in [-0.2, 0) is 6.18 Å². The third-order valence-corrected chi connectivity index (χ3v) is 2.09. The van der Waals surface area contributed by atoms with Crippen LogP contribution in [0.3, 0.4) is 0 Å². The smallest absolute Gasteiger partial charge is 0.308 e. The maximum Gasteiger partial charge on any atom is 0.418 e. The molecule has 0 amide bonds. The number of hydrogen-bond acceptors (Lipinski definition) is 3. The summed E-state index contributed by atoms with van der Waals surface area (Å²) in [6, 6.07) is 0. The number of nitrogen functional groups attached to an aromatic ring is 1. The van der Waals surface area contributed by atoms with E-state index < -0.39 is 11.7 Å². The van der Waals surface area contributed by atoms with Crippen molar-refractivity contribution in [1.82, 2.24) is 4.98 Å². The van der Waals surface area contributed by atoms with Crippen molar-refractivity contribution in [3.8, 4) is 0 Å². The van der Waals surface area contributed by atoms with Crippen molar-refractivity contribution in [2.75, 3.05) is 5.43 Å². The topological polar surface area (TPSA) is 50.9 Å². The molecule has 0 aliphatic heterocycles. The van der Waals surface area contributed by atoms with Crippen LogP contribution in [0.1, 0.15) is 16.7 Å². The van der Waals surface area contributed by atoms with Gasteiger partial charge < -0.3 is 5.43 Å². The quantitative estimate of drug-likeness (QED) is 0.544. The van der Waals surface area contributed by atoms with E-state index in [0.717, 1.165) is 6.20 Å². The van der Waals surface area contributed by atoms with Crippen LogP contribution in [0.5, 0.6) is 0 Å². The first kappa shape index (κ1) is 10.8. The molecule has 0 unspecified atom stereocenters. The van der Waals surface area contributed by atoms with Gasteiger partial charge in [-0.2, -0.15) is 13.2 Å². The lowest BCUT2D eigenvalue weighted by Gasteiger charge is -2.13. The number of nitrogens with one attached hydrogen (secondary N) is 1. The van der Waals surface area contributed by atoms with E-state index in [9.17, 15) is 13.2 Å². The summed E-state index contributed by atoms with van der Waals surface area (Å²) >= 11 is 0. The van der Waals surface area contributed by atoms with Crippen molar-refractivity contribution in [3.05, 3.63) is 22.9 Å². The van der Waals surface area contributed by atoms with E-state index in [2.05, 4.69) is 10.4 Å². The van der Waals surface area contributed by atoms with Gasteiger partial charge in [0.2, 0.25) is 0 Å². The highest BCUT2D eigenvalue weighted by Gasteiger charge is 2.33. The van der Waals surface area contributed by atoms with Crippen molar-refractivity contribution in [2.45, 2.75) is 20.0 Å². The number of hydrogen-bond donors (Lipinski definition) is 2. The van der Waals surface area contributed by atoms with E-state index >= 15 is 0 Å². The molecule has 0 radical (unpaired) electrons. The van der Waals surface area contributed by atoms with Crippen molar-refractivity contribution < 1.29 is 13.2 Å². The minimum absolute atomic E-state index is 0.139. The Morgan fingerprint density at radius 2 is 1.86 bits per heavy atom. The van der Waals surface area contributed by atoms with Crippen LogP contribution in [0.4, 0.5) is 19.0 Å². The zero-order valence-electron chi connectivity index (χ0n) is 7.74. The molecule has 0 aliphatic rings. The number of anilines is 1. The molecular weight excluding hydrogens is 195 g/mol. The Kier molecular flexibility index (Phi) is 2.66. The summed E-state index contributed by atoms with van der Waals surface area (Å²) in [6.07, 6.45) is -3.59. The van der Waals surface area contributed by atoms with Crippen LogP contribution in [0.25, 0.3) is 0 Å². The molecule has 0 bridgehead atoms. The molecule has 0 fully saturated rings. The van der Waals surface area contributed by atoms with E-state index in [0.29, 0.717) is 5.56 Å². The van der Waals surface area contributed by atoms with Gasteiger partial charge in [0.05, 0.1) is 5.56 Å². The fraction of sp³-hybridized carbons (Fsp3) is 0.375. The Morgan fingerprint density at radius 1 is 1.29 bits per heavy atom. The summed E-state index contributed by atoms with van der Waals surface area (Å²) in [5, 5.41) is 0. The molecule has 1 heterocycles. The summed E-state index contributed by atoms with van der Waals surface area (Å²) < 4.78 is 37.1. The van der Waals surface area contributed by atoms with Crippen LogP contribution in [-0.4, -0.2) is 4.98 Å². The van der Waals surface area contributed by atoms with E-state index in [1.165, 1.54) is 13.8 Å². The zero-order valence-corrected chi connectivity index (χ0v) is 7.74. The minimum Gasteiger partial charge on any atom is -0.308 e. The molecule has 0 aromatic carbocycles. The molecule has 6 heteroatoms. The molecule has 0 saturated carbocycles. The van der Waals surface area contributed by atoms with Gasteiger partial charge >= 0.3 is 6.18 Å². The van der Waals surface area contributed by atoms with Gasteiger partial charge in [-0.3, -0.25) is 0 Å². The highest BCUT2D eigenvalue weighted by Crippen LogP contribution is 2.33. The first-order valence-electron chi connectivity index (χ1n) is 3.88. The molecule has 0 spiro atoms.